The Hall–Kier alpha value is -0.570. The van der Waals surface area contributed by atoms with Gasteiger partial charge in [-0.3, -0.25) is 4.79 Å². The Morgan fingerprint density at radius 1 is 1.86 bits per heavy atom. The summed E-state index contributed by atoms with van der Waals surface area (Å²) >= 11 is 0. The van der Waals surface area contributed by atoms with Crippen molar-refractivity contribution in [1.82, 2.24) is 5.32 Å². The van der Waals surface area contributed by atoms with E-state index in [9.17, 15) is 4.79 Å². The zero-order valence-electron chi connectivity index (χ0n) is 3.98. The highest BCUT2D eigenvalue weighted by Gasteiger charge is 2.18. The Morgan fingerprint density at radius 2 is 2.57 bits per heavy atom. The molecular formula is C4H8N2O. The summed E-state index contributed by atoms with van der Waals surface area (Å²) in [5.74, 6) is -0.0139. The fraction of sp³-hybridized carbons (Fsp3) is 0.750. The van der Waals surface area contributed by atoms with Gasteiger partial charge in [0.05, 0.1) is 6.04 Å². The summed E-state index contributed by atoms with van der Waals surface area (Å²) in [7, 11) is 0. The van der Waals surface area contributed by atoms with Crippen molar-refractivity contribution in [3.05, 3.63) is 0 Å². The van der Waals surface area contributed by atoms with E-state index in [0.717, 1.165) is 13.0 Å². The van der Waals surface area contributed by atoms with Crippen molar-refractivity contribution in [2.75, 3.05) is 6.54 Å². The van der Waals surface area contributed by atoms with E-state index in [1.807, 2.05) is 0 Å². The normalized spacial score (nSPS) is 30.4. The maximum Gasteiger partial charge on any atom is 0.236 e. The third-order valence-corrected chi connectivity index (χ3v) is 1.09. The number of carbonyl (C=O) groups is 1. The van der Waals surface area contributed by atoms with Gasteiger partial charge in [0.2, 0.25) is 5.91 Å². The number of hydrogen-bond donors (Lipinski definition) is 2. The second-order valence-electron chi connectivity index (χ2n) is 1.69. The van der Waals surface area contributed by atoms with Gasteiger partial charge in [0.25, 0.3) is 0 Å². The second-order valence-corrected chi connectivity index (χ2v) is 1.69. The first-order chi connectivity index (χ1) is 3.30. The van der Waals surface area contributed by atoms with Crippen LogP contribution in [0.3, 0.4) is 0 Å². The van der Waals surface area contributed by atoms with Crippen LogP contribution in [-0.2, 0) is 4.79 Å². The predicted octanol–water partition coefficient (Wildman–Crippen LogP) is -1.17. The van der Waals surface area contributed by atoms with Crippen LogP contribution >= 0.6 is 0 Å². The molecule has 0 bridgehead atoms. The molecule has 1 amide bonds. The van der Waals surface area contributed by atoms with Crippen LogP contribution in [0.15, 0.2) is 0 Å². The number of nitrogens with two attached hydrogens (primary N) is 1. The molecule has 0 aromatic heterocycles. The maximum atomic E-state index is 10.3. The molecular weight excluding hydrogens is 92.1 g/mol. The van der Waals surface area contributed by atoms with E-state index >= 15 is 0 Å². The minimum Gasteiger partial charge on any atom is -0.355 e. The fourth-order valence-corrected chi connectivity index (χ4v) is 0.613. The van der Waals surface area contributed by atoms with Crippen molar-refractivity contribution in [2.24, 2.45) is 5.73 Å². The summed E-state index contributed by atoms with van der Waals surface area (Å²) in [5, 5.41) is 2.61. The largest absolute Gasteiger partial charge is 0.355 e. The lowest BCUT2D eigenvalue weighted by molar-refractivity contribution is -0.120. The third-order valence-electron chi connectivity index (χ3n) is 1.09. The van der Waals surface area contributed by atoms with Crippen molar-refractivity contribution in [3.63, 3.8) is 0 Å². The molecule has 1 aliphatic rings. The first-order valence-electron chi connectivity index (χ1n) is 2.34. The van der Waals surface area contributed by atoms with E-state index in [1.165, 1.54) is 0 Å². The van der Waals surface area contributed by atoms with Crippen molar-refractivity contribution in [1.29, 1.82) is 0 Å². The molecule has 3 heteroatoms. The molecule has 0 aliphatic carbocycles. The smallest absolute Gasteiger partial charge is 0.236 e. The quantitative estimate of drug-likeness (QED) is 0.403. The number of hydrogen-bond acceptors (Lipinski definition) is 2. The standard InChI is InChI=1S/C4H8N2O/c5-3-1-2-6-4(3)7/h3H,1-2,5H2,(H,6,7)/t3-/m1/s1. The molecule has 0 aromatic rings. The van der Waals surface area contributed by atoms with Gasteiger partial charge < -0.3 is 11.1 Å². The molecule has 1 rings (SSSR count). The molecule has 0 unspecified atom stereocenters. The van der Waals surface area contributed by atoms with Gasteiger partial charge in [0.15, 0.2) is 0 Å². The molecule has 3 N–H and O–H groups in total. The van der Waals surface area contributed by atoms with Crippen LogP contribution < -0.4 is 11.1 Å². The lowest BCUT2D eigenvalue weighted by atomic mass is 10.3. The van der Waals surface area contributed by atoms with E-state index in [2.05, 4.69) is 5.32 Å². The molecule has 1 saturated heterocycles. The van der Waals surface area contributed by atoms with E-state index in [4.69, 9.17) is 5.73 Å². The molecule has 40 valence electrons. The topological polar surface area (TPSA) is 55.1 Å². The highest BCUT2D eigenvalue weighted by molar-refractivity contribution is 5.83. The van der Waals surface area contributed by atoms with Gasteiger partial charge in [0, 0.05) is 6.54 Å². The number of nitrogens with one attached hydrogen (secondary N) is 1. The minimum absolute atomic E-state index is 0.0139. The number of rotatable bonds is 0. The maximum absolute atomic E-state index is 10.3. The summed E-state index contributed by atoms with van der Waals surface area (Å²) in [6.45, 7) is 0.750. The van der Waals surface area contributed by atoms with Gasteiger partial charge in [-0.1, -0.05) is 0 Å². The van der Waals surface area contributed by atoms with Crippen molar-refractivity contribution in [3.8, 4) is 0 Å². The Morgan fingerprint density at radius 3 is 2.71 bits per heavy atom. The van der Waals surface area contributed by atoms with E-state index in [1.54, 1.807) is 0 Å². The van der Waals surface area contributed by atoms with E-state index in [-0.39, 0.29) is 11.9 Å². The van der Waals surface area contributed by atoms with Crippen molar-refractivity contribution >= 4 is 5.91 Å². The van der Waals surface area contributed by atoms with Gasteiger partial charge in [-0.2, -0.15) is 0 Å². The summed E-state index contributed by atoms with van der Waals surface area (Å²) < 4.78 is 0. The Labute approximate surface area is 41.9 Å². The molecule has 0 radical (unpaired) electrons. The zero-order valence-corrected chi connectivity index (χ0v) is 3.98. The third kappa shape index (κ3) is 0.718. The van der Waals surface area contributed by atoms with Crippen LogP contribution in [0.4, 0.5) is 0 Å². The zero-order chi connectivity index (χ0) is 5.28. The molecule has 3 nitrogen and oxygen atoms in total. The Balaban J connectivity index is 2.48. The lowest BCUT2D eigenvalue weighted by Crippen LogP contribution is -2.29. The molecule has 0 saturated carbocycles. The van der Waals surface area contributed by atoms with E-state index in [0.29, 0.717) is 0 Å². The average molecular weight is 100 g/mol. The van der Waals surface area contributed by atoms with Gasteiger partial charge in [-0.25, -0.2) is 0 Å². The van der Waals surface area contributed by atoms with Gasteiger partial charge in [-0.05, 0) is 6.42 Å². The van der Waals surface area contributed by atoms with Crippen LogP contribution in [-0.4, -0.2) is 18.5 Å². The average Bonchev–Trinajstić information content (AvgIpc) is 1.91. The summed E-state index contributed by atoms with van der Waals surface area (Å²) in [4.78, 5) is 10.3. The molecule has 7 heavy (non-hydrogen) atoms. The Bertz CT molecular complexity index is 91.7. The van der Waals surface area contributed by atoms with Crippen LogP contribution in [0.5, 0.6) is 0 Å². The first-order valence-corrected chi connectivity index (χ1v) is 2.34. The summed E-state index contributed by atoms with van der Waals surface area (Å²) in [5.41, 5.74) is 5.27. The van der Waals surface area contributed by atoms with Gasteiger partial charge in [0.1, 0.15) is 0 Å². The molecule has 0 aromatic carbocycles. The van der Waals surface area contributed by atoms with Gasteiger partial charge >= 0.3 is 0 Å². The Kier molecular flexibility index (Phi) is 0.982. The monoisotopic (exact) mass is 100 g/mol. The number of carbonyl (C=O) groups excluding carboxylic acids is 1. The van der Waals surface area contributed by atoms with Crippen LogP contribution in [0, 0.1) is 0 Å². The first kappa shape index (κ1) is 4.59. The predicted molar refractivity (Wildman–Crippen MR) is 25.6 cm³/mol. The molecule has 1 heterocycles. The summed E-state index contributed by atoms with van der Waals surface area (Å²) in [6, 6.07) is -0.236. The van der Waals surface area contributed by atoms with Crippen LogP contribution in [0.2, 0.25) is 0 Å². The number of amides is 1. The molecule has 0 spiro atoms. The SMILES string of the molecule is N[C@@H]1CCNC1=O. The lowest BCUT2D eigenvalue weighted by Gasteiger charge is -1.91. The summed E-state index contributed by atoms with van der Waals surface area (Å²) in [6.07, 6.45) is 0.791. The highest BCUT2D eigenvalue weighted by atomic mass is 16.2. The fourth-order valence-electron chi connectivity index (χ4n) is 0.613. The minimum atomic E-state index is -0.236. The van der Waals surface area contributed by atoms with Gasteiger partial charge in [-0.15, -0.1) is 0 Å². The van der Waals surface area contributed by atoms with E-state index < -0.39 is 0 Å². The highest BCUT2D eigenvalue weighted by Crippen LogP contribution is 1.92. The van der Waals surface area contributed by atoms with Crippen LogP contribution in [0.25, 0.3) is 0 Å². The molecule has 1 aliphatic heterocycles. The van der Waals surface area contributed by atoms with Crippen LogP contribution in [0.1, 0.15) is 6.42 Å². The second kappa shape index (κ2) is 1.50. The van der Waals surface area contributed by atoms with Crippen molar-refractivity contribution < 1.29 is 4.79 Å². The molecule has 1 fully saturated rings. The van der Waals surface area contributed by atoms with Crippen molar-refractivity contribution in [2.45, 2.75) is 12.5 Å². The molecule has 1 atom stereocenters.